The molecule has 0 aromatic heterocycles. The van der Waals surface area contributed by atoms with E-state index >= 15 is 0 Å². The molecule has 0 spiro atoms. The van der Waals surface area contributed by atoms with Crippen LogP contribution in [0.25, 0.3) is 0 Å². The van der Waals surface area contributed by atoms with Crippen LogP contribution in [0.4, 0.5) is 4.39 Å². The summed E-state index contributed by atoms with van der Waals surface area (Å²) in [5.41, 5.74) is -0.850. The van der Waals surface area contributed by atoms with Gasteiger partial charge in [-0.05, 0) is 36.8 Å². The fraction of sp³-hybridized carbons (Fsp3) is 0.300. The van der Waals surface area contributed by atoms with Crippen molar-refractivity contribution in [3.63, 3.8) is 0 Å². The van der Waals surface area contributed by atoms with Gasteiger partial charge in [-0.3, -0.25) is 9.59 Å². The summed E-state index contributed by atoms with van der Waals surface area (Å²) in [6, 6.07) is 14.4. The minimum atomic E-state index is -1.23. The molecule has 0 radical (unpaired) electrons. The summed E-state index contributed by atoms with van der Waals surface area (Å²) in [6.07, 6.45) is 0. The summed E-state index contributed by atoms with van der Waals surface area (Å²) >= 11 is 0. The van der Waals surface area contributed by atoms with Crippen LogP contribution in [0.2, 0.25) is 0 Å². The topological polar surface area (TPSA) is 46.2 Å². The van der Waals surface area contributed by atoms with Gasteiger partial charge in [-0.15, -0.1) is 0 Å². The second-order valence-electron chi connectivity index (χ2n) is 7.03. The first-order valence-corrected chi connectivity index (χ1v) is 7.83. The Morgan fingerprint density at radius 3 is 1.92 bits per heavy atom. The molecule has 0 saturated carbocycles. The van der Waals surface area contributed by atoms with Gasteiger partial charge in [0.15, 0.2) is 5.78 Å². The van der Waals surface area contributed by atoms with Gasteiger partial charge >= 0.3 is 0 Å². The third-order valence-electron chi connectivity index (χ3n) is 3.96. The van der Waals surface area contributed by atoms with E-state index < -0.39 is 16.8 Å². The largest absolute Gasteiger partial charge is 0.339 e. The fourth-order valence-corrected chi connectivity index (χ4v) is 2.34. The standard InChI is InChI=1S/C20H22FNO2/c1-19(2,3)18(24)22-20(4,15-8-6-5-7-9-15)17(23)14-10-12-16(21)13-11-14/h5-13H,1-4H3,(H,22,24)/t20-/m0/s1. The lowest BCUT2D eigenvalue weighted by atomic mass is 9.82. The Kier molecular flexibility index (Phi) is 4.88. The lowest BCUT2D eigenvalue weighted by Crippen LogP contribution is -2.52. The van der Waals surface area contributed by atoms with E-state index in [0.717, 1.165) is 0 Å². The molecule has 1 amide bonds. The van der Waals surface area contributed by atoms with Gasteiger partial charge in [-0.2, -0.15) is 0 Å². The third-order valence-corrected chi connectivity index (χ3v) is 3.96. The smallest absolute Gasteiger partial charge is 0.226 e. The number of carbonyl (C=O) groups excluding carboxylic acids is 2. The van der Waals surface area contributed by atoms with E-state index in [1.54, 1.807) is 39.8 Å². The lowest BCUT2D eigenvalue weighted by molar-refractivity contribution is -0.130. The highest BCUT2D eigenvalue weighted by atomic mass is 19.1. The van der Waals surface area contributed by atoms with Gasteiger partial charge in [0.05, 0.1) is 0 Å². The Bertz CT molecular complexity index is 732. The van der Waals surface area contributed by atoms with Crippen LogP contribution in [0.1, 0.15) is 43.6 Å². The van der Waals surface area contributed by atoms with Gasteiger partial charge in [0.1, 0.15) is 11.4 Å². The Morgan fingerprint density at radius 2 is 1.42 bits per heavy atom. The highest BCUT2D eigenvalue weighted by molar-refractivity contribution is 6.05. The van der Waals surface area contributed by atoms with E-state index in [0.29, 0.717) is 11.1 Å². The summed E-state index contributed by atoms with van der Waals surface area (Å²) < 4.78 is 13.2. The van der Waals surface area contributed by atoms with Crippen LogP contribution in [0.3, 0.4) is 0 Å². The fourth-order valence-electron chi connectivity index (χ4n) is 2.34. The molecule has 2 rings (SSSR count). The zero-order valence-corrected chi connectivity index (χ0v) is 14.4. The second kappa shape index (κ2) is 6.56. The predicted molar refractivity (Wildman–Crippen MR) is 92.1 cm³/mol. The normalized spacial score (nSPS) is 13.9. The molecule has 126 valence electrons. The highest BCUT2D eigenvalue weighted by Crippen LogP contribution is 2.28. The van der Waals surface area contributed by atoms with E-state index in [1.165, 1.54) is 24.3 Å². The van der Waals surface area contributed by atoms with Crippen molar-refractivity contribution in [3.8, 4) is 0 Å². The number of hydrogen-bond acceptors (Lipinski definition) is 2. The number of halogens is 1. The van der Waals surface area contributed by atoms with Crippen molar-refractivity contribution in [2.45, 2.75) is 33.2 Å². The van der Waals surface area contributed by atoms with Gasteiger partial charge in [0.2, 0.25) is 5.91 Å². The SMILES string of the molecule is CC(C)(C)C(=O)N[C@](C)(C(=O)c1ccc(F)cc1)c1ccccc1. The lowest BCUT2D eigenvalue weighted by Gasteiger charge is -2.33. The first-order chi connectivity index (χ1) is 11.1. The number of benzene rings is 2. The van der Waals surface area contributed by atoms with Crippen molar-refractivity contribution in [1.29, 1.82) is 0 Å². The van der Waals surface area contributed by atoms with Gasteiger partial charge in [0.25, 0.3) is 0 Å². The van der Waals surface area contributed by atoms with Crippen molar-refractivity contribution in [1.82, 2.24) is 5.32 Å². The van der Waals surface area contributed by atoms with Crippen LogP contribution in [0.15, 0.2) is 54.6 Å². The minimum absolute atomic E-state index is 0.232. The molecule has 2 aromatic rings. The molecule has 1 N–H and O–H groups in total. The molecule has 0 fully saturated rings. The Balaban J connectivity index is 2.48. The number of amides is 1. The molecule has 3 nitrogen and oxygen atoms in total. The summed E-state index contributed by atoms with van der Waals surface area (Å²) in [7, 11) is 0. The van der Waals surface area contributed by atoms with Crippen LogP contribution in [0.5, 0.6) is 0 Å². The van der Waals surface area contributed by atoms with Crippen molar-refractivity contribution in [2.75, 3.05) is 0 Å². The van der Waals surface area contributed by atoms with E-state index in [9.17, 15) is 14.0 Å². The average molecular weight is 327 g/mol. The molecule has 0 unspecified atom stereocenters. The molecular formula is C20H22FNO2. The Labute approximate surface area is 141 Å². The summed E-state index contributed by atoms with van der Waals surface area (Å²) in [4.78, 5) is 25.6. The van der Waals surface area contributed by atoms with Gasteiger partial charge < -0.3 is 5.32 Å². The average Bonchev–Trinajstić information content (AvgIpc) is 2.54. The maximum absolute atomic E-state index is 13.2. The molecule has 0 heterocycles. The molecule has 0 aliphatic heterocycles. The summed E-state index contributed by atoms with van der Waals surface area (Å²) in [5.74, 6) is -0.928. The van der Waals surface area contributed by atoms with Gasteiger partial charge in [0, 0.05) is 11.0 Å². The zero-order chi connectivity index (χ0) is 18.0. The maximum atomic E-state index is 13.2. The first kappa shape index (κ1) is 17.9. The first-order valence-electron chi connectivity index (χ1n) is 7.83. The maximum Gasteiger partial charge on any atom is 0.226 e. The van der Waals surface area contributed by atoms with Crippen LogP contribution in [-0.2, 0) is 10.3 Å². The number of hydrogen-bond donors (Lipinski definition) is 1. The molecule has 1 atom stereocenters. The molecule has 0 aliphatic carbocycles. The minimum Gasteiger partial charge on any atom is -0.339 e. The number of Topliss-reactive ketones (excluding diaryl/α,β-unsaturated/α-hetero) is 1. The monoisotopic (exact) mass is 327 g/mol. The van der Waals surface area contributed by atoms with E-state index in [2.05, 4.69) is 5.32 Å². The summed E-state index contributed by atoms with van der Waals surface area (Å²) in [6.45, 7) is 7.04. The van der Waals surface area contributed by atoms with Gasteiger partial charge in [-0.1, -0.05) is 51.1 Å². The molecule has 24 heavy (non-hydrogen) atoms. The predicted octanol–water partition coefficient (Wildman–Crippen LogP) is 4.09. The summed E-state index contributed by atoms with van der Waals surface area (Å²) in [5, 5.41) is 2.88. The number of nitrogens with one attached hydrogen (secondary N) is 1. The van der Waals surface area contributed by atoms with E-state index in [-0.39, 0.29) is 11.7 Å². The van der Waals surface area contributed by atoms with Crippen LogP contribution < -0.4 is 5.32 Å². The molecule has 0 saturated heterocycles. The number of ketones is 1. The number of carbonyl (C=O) groups is 2. The van der Waals surface area contributed by atoms with Crippen LogP contribution in [-0.4, -0.2) is 11.7 Å². The Morgan fingerprint density at radius 1 is 0.875 bits per heavy atom. The van der Waals surface area contributed by atoms with Crippen LogP contribution in [0, 0.1) is 11.2 Å². The van der Waals surface area contributed by atoms with Crippen LogP contribution >= 0.6 is 0 Å². The zero-order valence-electron chi connectivity index (χ0n) is 14.4. The molecule has 4 heteroatoms. The molecule has 0 aliphatic rings. The van der Waals surface area contributed by atoms with E-state index in [1.807, 2.05) is 18.2 Å². The van der Waals surface area contributed by atoms with E-state index in [4.69, 9.17) is 0 Å². The quantitative estimate of drug-likeness (QED) is 0.860. The molecule has 2 aromatic carbocycles. The van der Waals surface area contributed by atoms with Crippen molar-refractivity contribution < 1.29 is 14.0 Å². The van der Waals surface area contributed by atoms with Crippen molar-refractivity contribution in [3.05, 3.63) is 71.5 Å². The number of rotatable bonds is 4. The highest BCUT2D eigenvalue weighted by Gasteiger charge is 2.39. The molecule has 0 bridgehead atoms. The van der Waals surface area contributed by atoms with Gasteiger partial charge in [-0.25, -0.2) is 4.39 Å². The Hall–Kier alpha value is -2.49. The van der Waals surface area contributed by atoms with Crippen molar-refractivity contribution in [2.24, 2.45) is 5.41 Å². The second-order valence-corrected chi connectivity index (χ2v) is 7.03. The third kappa shape index (κ3) is 3.70. The van der Waals surface area contributed by atoms with Crippen molar-refractivity contribution >= 4 is 11.7 Å². The molecular weight excluding hydrogens is 305 g/mol.